The van der Waals surface area contributed by atoms with Gasteiger partial charge in [-0.15, -0.1) is 0 Å². The Morgan fingerprint density at radius 1 is 0.744 bits per heavy atom. The van der Waals surface area contributed by atoms with E-state index in [0.29, 0.717) is 28.7 Å². The topological polar surface area (TPSA) is 123 Å². The highest BCUT2D eigenvalue weighted by atomic mass is 16.5. The van der Waals surface area contributed by atoms with E-state index in [-0.39, 0.29) is 24.7 Å². The molecule has 204 valence electrons. The first kappa shape index (κ1) is 28.9. The molecule has 0 aliphatic heterocycles. The van der Waals surface area contributed by atoms with Gasteiger partial charge in [0.25, 0.3) is 5.91 Å². The molecule has 0 saturated heterocycles. The van der Waals surface area contributed by atoms with Crippen molar-refractivity contribution in [3.63, 3.8) is 0 Å². The van der Waals surface area contributed by atoms with Crippen molar-refractivity contribution < 1.29 is 28.7 Å². The van der Waals surface area contributed by atoms with Gasteiger partial charge in [0.15, 0.2) is 6.61 Å². The van der Waals surface area contributed by atoms with Gasteiger partial charge < -0.3 is 25.4 Å². The smallest absolute Gasteiger partial charge is 0.306 e. The first-order valence-corrected chi connectivity index (χ1v) is 12.6. The van der Waals surface area contributed by atoms with Gasteiger partial charge in [-0.25, -0.2) is 0 Å². The molecule has 0 aliphatic carbocycles. The van der Waals surface area contributed by atoms with Crippen LogP contribution in [0.3, 0.4) is 0 Å². The van der Waals surface area contributed by atoms with Crippen LogP contribution >= 0.6 is 0 Å². The lowest BCUT2D eigenvalue weighted by molar-refractivity contribution is -0.147. The second-order valence-corrected chi connectivity index (χ2v) is 9.34. The van der Waals surface area contributed by atoms with E-state index in [0.717, 1.165) is 16.9 Å². The van der Waals surface area contributed by atoms with Gasteiger partial charge in [-0.2, -0.15) is 0 Å². The van der Waals surface area contributed by atoms with Crippen LogP contribution in [0.15, 0.2) is 66.7 Å². The van der Waals surface area contributed by atoms with Crippen LogP contribution in [-0.2, 0) is 23.9 Å². The molecule has 0 unspecified atom stereocenters. The molecule has 9 nitrogen and oxygen atoms in total. The maximum absolute atomic E-state index is 12.3. The molecule has 0 aliphatic rings. The second-order valence-electron chi connectivity index (χ2n) is 9.34. The largest absolute Gasteiger partial charge is 0.457 e. The average molecular weight is 532 g/mol. The minimum Gasteiger partial charge on any atom is -0.457 e. The monoisotopic (exact) mass is 531 g/mol. The molecular weight excluding hydrogens is 498 g/mol. The Morgan fingerprint density at radius 3 is 1.90 bits per heavy atom. The van der Waals surface area contributed by atoms with Crippen molar-refractivity contribution in [2.75, 3.05) is 22.6 Å². The van der Waals surface area contributed by atoms with Crippen molar-refractivity contribution in [1.82, 2.24) is 0 Å². The zero-order valence-electron chi connectivity index (χ0n) is 22.5. The highest BCUT2D eigenvalue weighted by molar-refractivity contribution is 5.95. The molecule has 3 aromatic rings. The van der Waals surface area contributed by atoms with Crippen molar-refractivity contribution in [3.8, 4) is 11.5 Å². The summed E-state index contributed by atoms with van der Waals surface area (Å²) >= 11 is 0. The summed E-state index contributed by atoms with van der Waals surface area (Å²) in [6, 6.07) is 19.6. The van der Waals surface area contributed by atoms with Crippen LogP contribution in [0.25, 0.3) is 0 Å². The van der Waals surface area contributed by atoms with Gasteiger partial charge in [0.2, 0.25) is 11.8 Å². The summed E-state index contributed by atoms with van der Waals surface area (Å²) in [5.41, 5.74) is 3.86. The summed E-state index contributed by atoms with van der Waals surface area (Å²) in [6.07, 6.45) is -0.262. The van der Waals surface area contributed by atoms with E-state index < -0.39 is 18.5 Å². The average Bonchev–Trinajstić information content (AvgIpc) is 2.88. The Kier molecular flexibility index (Phi) is 10.2. The molecule has 9 heteroatoms. The molecule has 3 aromatic carbocycles. The summed E-state index contributed by atoms with van der Waals surface area (Å²) < 4.78 is 11.0. The number of esters is 1. The Morgan fingerprint density at radius 2 is 1.31 bits per heavy atom. The van der Waals surface area contributed by atoms with E-state index in [2.05, 4.69) is 41.9 Å². The Bertz CT molecular complexity index is 1320. The summed E-state index contributed by atoms with van der Waals surface area (Å²) in [5.74, 6) is 0.0198. The molecule has 39 heavy (non-hydrogen) atoms. The van der Waals surface area contributed by atoms with Gasteiger partial charge >= 0.3 is 5.97 Å². The standard InChI is InChI=1S/C30H33N3O6/c1-19(2)26-14-5-20(3)17-27(26)39-25-12-10-24(11-13-25)32-28(35)15-16-30(37)38-18-29(36)33-23-8-6-22(7-9-23)31-21(4)34/h5-14,17,19H,15-16,18H2,1-4H3,(H,31,34)(H,32,35)(H,33,36). The summed E-state index contributed by atoms with van der Waals surface area (Å²) in [6.45, 7) is 7.15. The van der Waals surface area contributed by atoms with Gasteiger partial charge in [-0.05, 0) is 78.6 Å². The van der Waals surface area contributed by atoms with E-state index >= 15 is 0 Å². The number of hydrogen-bond acceptors (Lipinski definition) is 6. The molecule has 3 amide bonds. The van der Waals surface area contributed by atoms with Gasteiger partial charge in [-0.1, -0.05) is 26.0 Å². The maximum Gasteiger partial charge on any atom is 0.306 e. The van der Waals surface area contributed by atoms with E-state index in [9.17, 15) is 19.2 Å². The zero-order valence-corrected chi connectivity index (χ0v) is 22.5. The highest BCUT2D eigenvalue weighted by Gasteiger charge is 2.12. The normalized spacial score (nSPS) is 10.5. The fourth-order valence-electron chi connectivity index (χ4n) is 3.63. The lowest BCUT2D eigenvalue weighted by atomic mass is 10.0. The van der Waals surface area contributed by atoms with E-state index in [4.69, 9.17) is 9.47 Å². The minimum absolute atomic E-state index is 0.0929. The number of ether oxygens (including phenoxy) is 2. The molecule has 0 aromatic heterocycles. The fourth-order valence-corrected chi connectivity index (χ4v) is 3.63. The van der Waals surface area contributed by atoms with Crippen molar-refractivity contribution in [1.29, 1.82) is 0 Å². The number of anilines is 3. The number of hydrogen-bond donors (Lipinski definition) is 3. The third-order valence-electron chi connectivity index (χ3n) is 5.57. The predicted octanol–water partition coefficient (Wildman–Crippen LogP) is 5.77. The maximum atomic E-state index is 12.3. The van der Waals surface area contributed by atoms with Gasteiger partial charge in [0, 0.05) is 30.4 Å². The van der Waals surface area contributed by atoms with E-state index in [1.807, 2.05) is 13.0 Å². The SMILES string of the molecule is CC(=O)Nc1ccc(NC(=O)COC(=O)CCC(=O)Nc2ccc(Oc3cc(C)ccc3C(C)C)cc2)cc1. The number of aryl methyl sites for hydroxylation is 1. The van der Waals surface area contributed by atoms with Crippen molar-refractivity contribution in [3.05, 3.63) is 77.9 Å². The molecule has 3 N–H and O–H groups in total. The summed E-state index contributed by atoms with van der Waals surface area (Å²) in [4.78, 5) is 47.3. The number of rotatable bonds is 11. The molecule has 0 saturated carbocycles. The Labute approximate surface area is 227 Å². The Hall–Kier alpha value is -4.66. The minimum atomic E-state index is -0.663. The molecule has 0 bridgehead atoms. The molecule has 3 rings (SSSR count). The first-order chi connectivity index (χ1) is 18.6. The predicted molar refractivity (Wildman–Crippen MR) is 150 cm³/mol. The number of nitrogens with one attached hydrogen (secondary N) is 3. The molecule has 0 heterocycles. The Balaban J connectivity index is 1.39. The van der Waals surface area contributed by atoms with E-state index in [1.165, 1.54) is 6.92 Å². The van der Waals surface area contributed by atoms with Crippen LogP contribution in [0.1, 0.15) is 50.7 Å². The lowest BCUT2D eigenvalue weighted by Gasteiger charge is -2.15. The number of carbonyl (C=O) groups is 4. The van der Waals surface area contributed by atoms with Crippen LogP contribution < -0.4 is 20.7 Å². The molecule has 0 spiro atoms. The van der Waals surface area contributed by atoms with Crippen LogP contribution in [0.4, 0.5) is 17.1 Å². The lowest BCUT2D eigenvalue weighted by Crippen LogP contribution is -2.21. The number of carbonyl (C=O) groups excluding carboxylic acids is 4. The first-order valence-electron chi connectivity index (χ1n) is 12.6. The van der Waals surface area contributed by atoms with Crippen LogP contribution in [0, 0.1) is 6.92 Å². The van der Waals surface area contributed by atoms with Gasteiger partial charge in [0.1, 0.15) is 11.5 Å². The molecular formula is C30H33N3O6. The molecule has 0 fully saturated rings. The number of benzene rings is 3. The third kappa shape index (κ3) is 9.62. The van der Waals surface area contributed by atoms with Gasteiger partial charge in [0.05, 0.1) is 6.42 Å². The number of amides is 3. The quantitative estimate of drug-likeness (QED) is 0.270. The molecule has 0 atom stereocenters. The summed E-state index contributed by atoms with van der Waals surface area (Å²) in [5, 5.41) is 7.94. The van der Waals surface area contributed by atoms with Gasteiger partial charge in [-0.3, -0.25) is 19.2 Å². The summed E-state index contributed by atoms with van der Waals surface area (Å²) in [7, 11) is 0. The van der Waals surface area contributed by atoms with E-state index in [1.54, 1.807) is 48.5 Å². The van der Waals surface area contributed by atoms with Crippen LogP contribution in [-0.4, -0.2) is 30.3 Å². The zero-order chi connectivity index (χ0) is 28.4. The fraction of sp³-hybridized carbons (Fsp3) is 0.267. The van der Waals surface area contributed by atoms with Crippen molar-refractivity contribution in [2.45, 2.75) is 46.5 Å². The van der Waals surface area contributed by atoms with Crippen LogP contribution in [0.5, 0.6) is 11.5 Å². The highest BCUT2D eigenvalue weighted by Crippen LogP contribution is 2.32. The van der Waals surface area contributed by atoms with Crippen LogP contribution in [0.2, 0.25) is 0 Å². The third-order valence-corrected chi connectivity index (χ3v) is 5.57. The van der Waals surface area contributed by atoms with Crippen molar-refractivity contribution in [2.24, 2.45) is 0 Å². The molecule has 0 radical (unpaired) electrons. The second kappa shape index (κ2) is 13.8. The van der Waals surface area contributed by atoms with Crippen molar-refractivity contribution >= 4 is 40.8 Å².